The third-order valence-electron chi connectivity index (χ3n) is 2.60. The first-order valence-electron chi connectivity index (χ1n) is 5.32. The predicted molar refractivity (Wildman–Crippen MR) is 57.1 cm³/mol. The molecule has 1 aliphatic heterocycles. The van der Waals surface area contributed by atoms with Gasteiger partial charge >= 0.3 is 0 Å². The predicted octanol–water partition coefficient (Wildman–Crippen LogP) is -0.539. The van der Waals surface area contributed by atoms with Crippen LogP contribution in [0.15, 0.2) is 0 Å². The fraction of sp³-hybridized carbons (Fsp3) is 0.800. The summed E-state index contributed by atoms with van der Waals surface area (Å²) >= 11 is 0. The zero-order chi connectivity index (χ0) is 11.4. The van der Waals surface area contributed by atoms with E-state index in [1.165, 1.54) is 6.92 Å². The maximum absolute atomic E-state index is 11.5. The molecule has 5 nitrogen and oxygen atoms in total. The van der Waals surface area contributed by atoms with Gasteiger partial charge < -0.3 is 16.0 Å². The number of piperidine rings is 1. The van der Waals surface area contributed by atoms with E-state index >= 15 is 0 Å². The van der Waals surface area contributed by atoms with Gasteiger partial charge in [-0.3, -0.25) is 9.59 Å². The van der Waals surface area contributed by atoms with Crippen molar-refractivity contribution < 1.29 is 9.59 Å². The highest BCUT2D eigenvalue weighted by molar-refractivity contribution is 5.81. The Labute approximate surface area is 90.0 Å². The van der Waals surface area contributed by atoms with Crippen LogP contribution in [0, 0.1) is 0 Å². The van der Waals surface area contributed by atoms with Crippen LogP contribution in [0.5, 0.6) is 0 Å². The molecule has 2 amide bonds. The summed E-state index contributed by atoms with van der Waals surface area (Å²) in [6, 6.07) is -0.220. The number of hydrogen-bond acceptors (Lipinski definition) is 3. The lowest BCUT2D eigenvalue weighted by Gasteiger charge is -2.33. The average Bonchev–Trinajstić information content (AvgIpc) is 2.17. The monoisotopic (exact) mass is 213 g/mol. The second kappa shape index (κ2) is 5.11. The highest BCUT2D eigenvalue weighted by Gasteiger charge is 2.24. The van der Waals surface area contributed by atoms with Crippen LogP contribution in [0.2, 0.25) is 0 Å². The molecule has 0 saturated carbocycles. The van der Waals surface area contributed by atoms with Crippen LogP contribution < -0.4 is 11.1 Å². The molecule has 3 N–H and O–H groups in total. The molecule has 0 radical (unpaired) electrons. The van der Waals surface area contributed by atoms with Gasteiger partial charge in [0.05, 0.1) is 6.04 Å². The molecule has 0 unspecified atom stereocenters. The Morgan fingerprint density at radius 1 is 1.40 bits per heavy atom. The molecule has 1 rings (SSSR count). The Kier molecular flexibility index (Phi) is 4.08. The number of nitrogens with one attached hydrogen (secondary N) is 1. The van der Waals surface area contributed by atoms with Crippen LogP contribution >= 0.6 is 0 Å². The maximum Gasteiger partial charge on any atom is 0.239 e. The van der Waals surface area contributed by atoms with Gasteiger partial charge in [0.25, 0.3) is 0 Å². The van der Waals surface area contributed by atoms with Crippen molar-refractivity contribution in [2.45, 2.75) is 38.8 Å². The average molecular weight is 213 g/mol. The molecule has 1 atom stereocenters. The van der Waals surface area contributed by atoms with Crippen molar-refractivity contribution in [3.05, 3.63) is 0 Å². The van der Waals surface area contributed by atoms with Crippen molar-refractivity contribution in [2.24, 2.45) is 5.73 Å². The second-order valence-electron chi connectivity index (χ2n) is 4.09. The van der Waals surface area contributed by atoms with E-state index in [1.54, 1.807) is 11.8 Å². The zero-order valence-electron chi connectivity index (χ0n) is 9.32. The quantitative estimate of drug-likeness (QED) is 0.647. The molecule has 0 aliphatic carbocycles. The number of hydrogen-bond donors (Lipinski definition) is 2. The largest absolute Gasteiger partial charge is 0.353 e. The molecule has 1 heterocycles. The van der Waals surface area contributed by atoms with E-state index in [9.17, 15) is 9.59 Å². The topological polar surface area (TPSA) is 75.4 Å². The van der Waals surface area contributed by atoms with Gasteiger partial charge in [0.15, 0.2) is 0 Å². The molecular weight excluding hydrogens is 194 g/mol. The first kappa shape index (κ1) is 12.0. The smallest absolute Gasteiger partial charge is 0.239 e. The number of nitrogens with zero attached hydrogens (tertiary/aromatic N) is 1. The van der Waals surface area contributed by atoms with E-state index in [2.05, 4.69) is 5.32 Å². The summed E-state index contributed by atoms with van der Waals surface area (Å²) in [7, 11) is 0. The molecular formula is C10H19N3O2. The highest BCUT2D eigenvalue weighted by Crippen LogP contribution is 2.10. The SMILES string of the molecule is CC(=O)NC1CCN(C(=O)[C@@H](C)N)CC1. The molecule has 0 aromatic carbocycles. The number of carbonyl (C=O) groups excluding carboxylic acids is 2. The van der Waals surface area contributed by atoms with Gasteiger partial charge in [0, 0.05) is 26.1 Å². The minimum absolute atomic E-state index is 0.00345. The Bertz CT molecular complexity index is 245. The van der Waals surface area contributed by atoms with Gasteiger partial charge in [-0.1, -0.05) is 0 Å². The standard InChI is InChI=1S/C10H19N3O2/c1-7(11)10(15)13-5-3-9(4-6-13)12-8(2)14/h7,9H,3-6,11H2,1-2H3,(H,12,14)/t7-/m1/s1. The summed E-state index contributed by atoms with van der Waals surface area (Å²) < 4.78 is 0. The first-order chi connectivity index (χ1) is 7.00. The maximum atomic E-state index is 11.5. The molecule has 1 saturated heterocycles. The van der Waals surface area contributed by atoms with Crippen LogP contribution in [0.25, 0.3) is 0 Å². The Morgan fingerprint density at radius 2 is 1.93 bits per heavy atom. The van der Waals surface area contributed by atoms with Crippen LogP contribution in [0.4, 0.5) is 0 Å². The van der Waals surface area contributed by atoms with Gasteiger partial charge in [-0.25, -0.2) is 0 Å². The van der Waals surface area contributed by atoms with Crippen LogP contribution in [0.1, 0.15) is 26.7 Å². The van der Waals surface area contributed by atoms with Crippen LogP contribution in [0.3, 0.4) is 0 Å². The summed E-state index contributed by atoms with van der Waals surface area (Å²) in [6.07, 6.45) is 1.64. The Balaban J connectivity index is 2.35. The lowest BCUT2D eigenvalue weighted by Crippen LogP contribution is -2.49. The van der Waals surface area contributed by atoms with Gasteiger partial charge in [-0.15, -0.1) is 0 Å². The molecule has 1 aliphatic rings. The van der Waals surface area contributed by atoms with Gasteiger partial charge in [0.2, 0.25) is 11.8 Å². The van der Waals surface area contributed by atoms with Crippen molar-refractivity contribution >= 4 is 11.8 Å². The number of rotatable bonds is 2. The van der Waals surface area contributed by atoms with E-state index in [-0.39, 0.29) is 17.9 Å². The van der Waals surface area contributed by atoms with Crippen LogP contribution in [-0.2, 0) is 9.59 Å². The van der Waals surface area contributed by atoms with E-state index in [4.69, 9.17) is 5.73 Å². The second-order valence-corrected chi connectivity index (χ2v) is 4.09. The molecule has 15 heavy (non-hydrogen) atoms. The van der Waals surface area contributed by atoms with Crippen LogP contribution in [-0.4, -0.2) is 41.9 Å². The van der Waals surface area contributed by atoms with Crippen molar-refractivity contribution in [1.29, 1.82) is 0 Å². The van der Waals surface area contributed by atoms with Gasteiger partial charge in [0.1, 0.15) is 0 Å². The highest BCUT2D eigenvalue weighted by atomic mass is 16.2. The summed E-state index contributed by atoms with van der Waals surface area (Å²) in [4.78, 5) is 24.1. The van der Waals surface area contributed by atoms with E-state index in [0.717, 1.165) is 12.8 Å². The van der Waals surface area contributed by atoms with E-state index in [1.807, 2.05) is 0 Å². The summed E-state index contributed by atoms with van der Waals surface area (Å²) in [5, 5.41) is 2.86. The molecule has 86 valence electrons. The lowest BCUT2D eigenvalue weighted by atomic mass is 10.0. The first-order valence-corrected chi connectivity index (χ1v) is 5.32. The Hall–Kier alpha value is -1.10. The van der Waals surface area contributed by atoms with E-state index in [0.29, 0.717) is 13.1 Å². The van der Waals surface area contributed by atoms with Crippen molar-refractivity contribution in [2.75, 3.05) is 13.1 Å². The van der Waals surface area contributed by atoms with Gasteiger partial charge in [-0.05, 0) is 19.8 Å². The fourth-order valence-corrected chi connectivity index (χ4v) is 1.82. The normalized spacial score (nSPS) is 19.8. The molecule has 0 aromatic rings. The van der Waals surface area contributed by atoms with E-state index < -0.39 is 6.04 Å². The third-order valence-corrected chi connectivity index (χ3v) is 2.60. The minimum atomic E-state index is -0.428. The van der Waals surface area contributed by atoms with Crippen molar-refractivity contribution in [3.63, 3.8) is 0 Å². The molecule has 5 heteroatoms. The summed E-state index contributed by atoms with van der Waals surface area (Å²) in [5.74, 6) is -0.0109. The zero-order valence-corrected chi connectivity index (χ0v) is 9.32. The lowest BCUT2D eigenvalue weighted by molar-refractivity contribution is -0.133. The number of nitrogens with two attached hydrogens (primary N) is 1. The van der Waals surface area contributed by atoms with Crippen molar-refractivity contribution in [1.82, 2.24) is 10.2 Å². The number of amides is 2. The molecule has 0 spiro atoms. The summed E-state index contributed by atoms with van der Waals surface area (Å²) in [5.41, 5.74) is 5.52. The number of carbonyl (C=O) groups is 2. The fourth-order valence-electron chi connectivity index (χ4n) is 1.82. The number of likely N-dealkylation sites (tertiary alicyclic amines) is 1. The summed E-state index contributed by atoms with van der Waals surface area (Å²) in [6.45, 7) is 4.58. The third kappa shape index (κ3) is 3.51. The van der Waals surface area contributed by atoms with Gasteiger partial charge in [-0.2, -0.15) is 0 Å². The molecule has 0 bridgehead atoms. The molecule has 0 aromatic heterocycles. The molecule has 1 fully saturated rings. The van der Waals surface area contributed by atoms with Crippen molar-refractivity contribution in [3.8, 4) is 0 Å². The Morgan fingerprint density at radius 3 is 2.33 bits per heavy atom. The minimum Gasteiger partial charge on any atom is -0.353 e.